The highest BCUT2D eigenvalue weighted by atomic mass is 16.6. The molecule has 0 spiro atoms. The first-order valence-corrected chi connectivity index (χ1v) is 4.37. The zero-order valence-corrected chi connectivity index (χ0v) is 8.25. The van der Waals surface area contributed by atoms with Crippen LogP contribution in [0.5, 0.6) is 0 Å². The second-order valence-corrected chi connectivity index (χ2v) is 3.28. The third-order valence-corrected chi connectivity index (χ3v) is 2.14. The first-order chi connectivity index (χ1) is 7.50. The monoisotopic (exact) mass is 221 g/mol. The number of hydrogen-bond acceptors (Lipinski definition) is 4. The highest BCUT2D eigenvalue weighted by molar-refractivity contribution is 5.86. The molecule has 0 fully saturated rings. The summed E-state index contributed by atoms with van der Waals surface area (Å²) in [5.74, 6) is -2.10. The highest BCUT2D eigenvalue weighted by Crippen LogP contribution is 2.21. The van der Waals surface area contributed by atoms with E-state index in [0.29, 0.717) is 0 Å². The lowest BCUT2D eigenvalue weighted by Crippen LogP contribution is -2.03. The number of nitro groups is 1. The van der Waals surface area contributed by atoms with Crippen LogP contribution in [0.25, 0.3) is 5.52 Å². The van der Waals surface area contributed by atoms with Gasteiger partial charge in [0.05, 0.1) is 0 Å². The maximum absolute atomic E-state index is 10.8. The van der Waals surface area contributed by atoms with Crippen molar-refractivity contribution in [3.8, 4) is 0 Å². The van der Waals surface area contributed by atoms with Gasteiger partial charge in [-0.1, -0.05) is 0 Å². The molecule has 2 aromatic heterocycles. The zero-order chi connectivity index (χ0) is 11.9. The van der Waals surface area contributed by atoms with E-state index in [-0.39, 0.29) is 11.3 Å². The molecule has 0 aromatic carbocycles. The van der Waals surface area contributed by atoms with Crippen LogP contribution in [0.2, 0.25) is 0 Å². The van der Waals surface area contributed by atoms with Crippen LogP contribution in [0.3, 0.4) is 0 Å². The van der Waals surface area contributed by atoms with Crippen LogP contribution in [0.15, 0.2) is 18.3 Å². The first kappa shape index (κ1) is 10.1. The Labute approximate surface area is 89.1 Å². The molecule has 0 unspecified atom stereocenters. The van der Waals surface area contributed by atoms with E-state index in [0.717, 1.165) is 5.56 Å². The molecule has 0 radical (unpaired) electrons. The van der Waals surface area contributed by atoms with Gasteiger partial charge in [0.25, 0.3) is 0 Å². The van der Waals surface area contributed by atoms with Crippen molar-refractivity contribution in [2.45, 2.75) is 6.92 Å². The molecule has 16 heavy (non-hydrogen) atoms. The molecule has 2 rings (SSSR count). The molecule has 0 aliphatic heterocycles. The van der Waals surface area contributed by atoms with Crippen molar-refractivity contribution in [2.24, 2.45) is 0 Å². The van der Waals surface area contributed by atoms with Crippen LogP contribution in [-0.2, 0) is 0 Å². The molecule has 0 amide bonds. The predicted octanol–water partition coefficient (Wildman–Crippen LogP) is 1.25. The Balaban J connectivity index is 2.87. The van der Waals surface area contributed by atoms with E-state index in [9.17, 15) is 14.9 Å². The van der Waals surface area contributed by atoms with E-state index in [1.54, 1.807) is 13.0 Å². The average molecular weight is 221 g/mol. The molecule has 2 aromatic rings. The maximum atomic E-state index is 10.8. The van der Waals surface area contributed by atoms with Gasteiger partial charge >= 0.3 is 17.6 Å². The lowest BCUT2D eigenvalue weighted by Gasteiger charge is -1.95. The van der Waals surface area contributed by atoms with E-state index >= 15 is 0 Å². The van der Waals surface area contributed by atoms with Gasteiger partial charge in [0.2, 0.25) is 0 Å². The normalized spacial score (nSPS) is 10.6. The number of pyridine rings is 1. The van der Waals surface area contributed by atoms with Crippen LogP contribution in [0.1, 0.15) is 16.2 Å². The molecule has 0 saturated heterocycles. The van der Waals surface area contributed by atoms with Gasteiger partial charge in [-0.3, -0.25) is 4.40 Å². The van der Waals surface area contributed by atoms with Crippen LogP contribution in [0.4, 0.5) is 5.82 Å². The molecule has 1 N–H and O–H groups in total. The number of imidazole rings is 1. The van der Waals surface area contributed by atoms with Crippen molar-refractivity contribution in [3.63, 3.8) is 0 Å². The molecule has 7 nitrogen and oxygen atoms in total. The lowest BCUT2D eigenvalue weighted by atomic mass is 10.3. The van der Waals surface area contributed by atoms with Crippen LogP contribution >= 0.6 is 0 Å². The maximum Gasteiger partial charge on any atom is 0.399 e. The van der Waals surface area contributed by atoms with Gasteiger partial charge in [-0.25, -0.2) is 4.79 Å². The van der Waals surface area contributed by atoms with E-state index in [1.807, 2.05) is 0 Å². The van der Waals surface area contributed by atoms with Crippen LogP contribution in [0, 0.1) is 17.0 Å². The van der Waals surface area contributed by atoms with Gasteiger partial charge in [-0.05, 0) is 34.5 Å². The summed E-state index contributed by atoms with van der Waals surface area (Å²) in [6.07, 6.45) is 1.45. The summed E-state index contributed by atoms with van der Waals surface area (Å²) >= 11 is 0. The Morgan fingerprint density at radius 2 is 2.31 bits per heavy atom. The third-order valence-electron chi connectivity index (χ3n) is 2.14. The fraction of sp³-hybridized carbons (Fsp3) is 0.111. The van der Waals surface area contributed by atoms with Crippen LogP contribution in [-0.4, -0.2) is 25.4 Å². The topological polar surface area (TPSA) is 97.7 Å². The SMILES string of the molecule is Cc1ccn2c(C(=O)O)nc([N+](=O)[O-])c2c1. The van der Waals surface area contributed by atoms with Gasteiger partial charge in [0.15, 0.2) is 0 Å². The van der Waals surface area contributed by atoms with E-state index < -0.39 is 16.7 Å². The Morgan fingerprint density at radius 1 is 1.62 bits per heavy atom. The fourth-order valence-electron chi connectivity index (χ4n) is 1.46. The number of fused-ring (bicyclic) bond motifs is 1. The summed E-state index contributed by atoms with van der Waals surface area (Å²) in [4.78, 5) is 24.3. The van der Waals surface area contributed by atoms with Crippen molar-refractivity contribution in [2.75, 3.05) is 0 Å². The van der Waals surface area contributed by atoms with E-state index in [2.05, 4.69) is 4.98 Å². The van der Waals surface area contributed by atoms with E-state index in [1.165, 1.54) is 16.7 Å². The van der Waals surface area contributed by atoms with E-state index in [4.69, 9.17) is 5.11 Å². The van der Waals surface area contributed by atoms with Gasteiger partial charge in [0.1, 0.15) is 5.52 Å². The number of aryl methyl sites for hydroxylation is 1. The first-order valence-electron chi connectivity index (χ1n) is 4.37. The third kappa shape index (κ3) is 1.38. The zero-order valence-electron chi connectivity index (χ0n) is 8.25. The average Bonchev–Trinajstić information content (AvgIpc) is 2.56. The number of aromatic carboxylic acids is 1. The minimum Gasteiger partial charge on any atom is -0.474 e. The molecule has 0 atom stereocenters. The number of rotatable bonds is 2. The van der Waals surface area contributed by atoms with Gasteiger partial charge < -0.3 is 15.2 Å². The lowest BCUT2D eigenvalue weighted by molar-refractivity contribution is -0.387. The molecule has 0 saturated carbocycles. The van der Waals surface area contributed by atoms with Crippen molar-refractivity contribution < 1.29 is 14.8 Å². The fourth-order valence-corrected chi connectivity index (χ4v) is 1.46. The van der Waals surface area contributed by atoms with Crippen molar-refractivity contribution in [1.29, 1.82) is 0 Å². The standard InChI is InChI=1S/C9H7N3O4/c1-5-2-3-11-6(4-5)7(12(15)16)10-8(11)9(13)14/h2-4H,1H3,(H,13,14). The number of carboxylic acids is 1. The number of aromatic nitrogens is 2. The van der Waals surface area contributed by atoms with Crippen molar-refractivity contribution in [1.82, 2.24) is 9.38 Å². The Bertz CT molecular complexity index is 602. The summed E-state index contributed by atoms with van der Waals surface area (Å²) in [6, 6.07) is 3.18. The largest absolute Gasteiger partial charge is 0.474 e. The second kappa shape index (κ2) is 3.30. The number of carbonyl (C=O) groups is 1. The molecule has 0 aliphatic carbocycles. The minimum absolute atomic E-state index is 0.183. The molecule has 2 heterocycles. The smallest absolute Gasteiger partial charge is 0.399 e. The molecule has 0 bridgehead atoms. The molecular weight excluding hydrogens is 214 g/mol. The summed E-state index contributed by atoms with van der Waals surface area (Å²) in [5, 5.41) is 19.5. The van der Waals surface area contributed by atoms with Gasteiger partial charge in [0, 0.05) is 6.20 Å². The Kier molecular flexibility index (Phi) is 2.08. The number of carboxylic acid groups (broad SMARTS) is 1. The number of nitrogens with zero attached hydrogens (tertiary/aromatic N) is 3. The van der Waals surface area contributed by atoms with Crippen molar-refractivity contribution in [3.05, 3.63) is 39.8 Å². The van der Waals surface area contributed by atoms with Crippen LogP contribution < -0.4 is 0 Å². The Morgan fingerprint density at radius 3 is 2.88 bits per heavy atom. The predicted molar refractivity (Wildman–Crippen MR) is 53.5 cm³/mol. The quantitative estimate of drug-likeness (QED) is 0.607. The minimum atomic E-state index is -1.30. The van der Waals surface area contributed by atoms with Gasteiger partial charge in [-0.15, -0.1) is 0 Å². The van der Waals surface area contributed by atoms with Gasteiger partial charge in [-0.2, -0.15) is 0 Å². The molecule has 7 heteroatoms. The summed E-state index contributed by atoms with van der Waals surface area (Å²) in [7, 11) is 0. The molecular formula is C9H7N3O4. The number of hydrogen-bond donors (Lipinski definition) is 1. The Hall–Kier alpha value is -2.44. The second-order valence-electron chi connectivity index (χ2n) is 3.28. The van der Waals surface area contributed by atoms with Crippen molar-refractivity contribution >= 4 is 17.3 Å². The summed E-state index contributed by atoms with van der Waals surface area (Å²) < 4.78 is 1.19. The summed E-state index contributed by atoms with van der Waals surface area (Å²) in [6.45, 7) is 1.76. The molecule has 82 valence electrons. The highest BCUT2D eigenvalue weighted by Gasteiger charge is 2.26. The summed E-state index contributed by atoms with van der Waals surface area (Å²) in [5.41, 5.74) is 0.981. The molecule has 0 aliphatic rings.